The summed E-state index contributed by atoms with van der Waals surface area (Å²) in [5, 5.41) is 2.67. The second-order valence-corrected chi connectivity index (χ2v) is 8.51. The van der Waals surface area contributed by atoms with Crippen LogP contribution in [0.3, 0.4) is 0 Å². The fourth-order valence-electron chi connectivity index (χ4n) is 2.48. The van der Waals surface area contributed by atoms with Crippen LogP contribution in [-0.2, 0) is 19.6 Å². The van der Waals surface area contributed by atoms with Gasteiger partial charge in [0.25, 0.3) is 5.91 Å². The van der Waals surface area contributed by atoms with Crippen LogP contribution in [-0.4, -0.2) is 39.0 Å². The summed E-state index contributed by atoms with van der Waals surface area (Å²) in [5.74, 6) is -0.406. The smallest absolute Gasteiger partial charge is 0.338 e. The van der Waals surface area contributed by atoms with E-state index >= 15 is 0 Å². The van der Waals surface area contributed by atoms with Gasteiger partial charge in [-0.05, 0) is 76.2 Å². The molecule has 0 saturated carbocycles. The van der Waals surface area contributed by atoms with E-state index in [1.54, 1.807) is 52.0 Å². The lowest BCUT2D eigenvalue weighted by Gasteiger charge is -2.15. The second kappa shape index (κ2) is 10.2. The average molecular weight is 435 g/mol. The number of sulfonamides is 1. The standard InChI is InChI=1S/C21H26N2O6S/c1-5-28-21(25)16-6-10-18(11-7-16)29-15(4)20(24)22-17-8-12-19(13-9-17)30(26,27)23-14(2)3/h6-15,23H,5H2,1-4H3,(H,22,24). The first kappa shape index (κ1) is 23.4. The number of hydrogen-bond acceptors (Lipinski definition) is 6. The van der Waals surface area contributed by atoms with Crippen molar-refractivity contribution in [1.29, 1.82) is 0 Å². The Labute approximate surface area is 176 Å². The second-order valence-electron chi connectivity index (χ2n) is 6.79. The van der Waals surface area contributed by atoms with E-state index in [1.165, 1.54) is 24.3 Å². The minimum Gasteiger partial charge on any atom is -0.481 e. The average Bonchev–Trinajstić information content (AvgIpc) is 2.68. The molecule has 30 heavy (non-hydrogen) atoms. The Morgan fingerprint density at radius 3 is 2.10 bits per heavy atom. The highest BCUT2D eigenvalue weighted by molar-refractivity contribution is 7.89. The lowest BCUT2D eigenvalue weighted by Crippen LogP contribution is -2.31. The van der Waals surface area contributed by atoms with Crippen LogP contribution in [0, 0.1) is 0 Å². The van der Waals surface area contributed by atoms with Crippen molar-refractivity contribution >= 4 is 27.6 Å². The molecule has 1 unspecified atom stereocenters. The van der Waals surface area contributed by atoms with Gasteiger partial charge in [-0.15, -0.1) is 0 Å². The highest BCUT2D eigenvalue weighted by Gasteiger charge is 2.18. The van der Waals surface area contributed by atoms with Gasteiger partial charge in [0.1, 0.15) is 5.75 Å². The van der Waals surface area contributed by atoms with Gasteiger partial charge in [-0.1, -0.05) is 0 Å². The molecule has 8 nitrogen and oxygen atoms in total. The molecule has 0 aromatic heterocycles. The molecule has 0 spiro atoms. The van der Waals surface area contributed by atoms with E-state index in [2.05, 4.69) is 10.0 Å². The van der Waals surface area contributed by atoms with Crippen molar-refractivity contribution in [2.24, 2.45) is 0 Å². The fraction of sp³-hybridized carbons (Fsp3) is 0.333. The number of rotatable bonds is 9. The highest BCUT2D eigenvalue weighted by atomic mass is 32.2. The number of esters is 1. The van der Waals surface area contributed by atoms with E-state index in [0.717, 1.165) is 0 Å². The normalized spacial score (nSPS) is 12.3. The van der Waals surface area contributed by atoms with Gasteiger partial charge in [-0.3, -0.25) is 4.79 Å². The summed E-state index contributed by atoms with van der Waals surface area (Å²) in [7, 11) is -3.60. The molecule has 0 saturated heterocycles. The van der Waals surface area contributed by atoms with Crippen molar-refractivity contribution in [3.05, 3.63) is 54.1 Å². The monoisotopic (exact) mass is 434 g/mol. The van der Waals surface area contributed by atoms with Crippen LogP contribution in [0.1, 0.15) is 38.1 Å². The van der Waals surface area contributed by atoms with Gasteiger partial charge in [0, 0.05) is 11.7 Å². The molecule has 0 heterocycles. The molecule has 0 aliphatic heterocycles. The van der Waals surface area contributed by atoms with Crippen LogP contribution in [0.4, 0.5) is 5.69 Å². The molecular weight excluding hydrogens is 408 g/mol. The van der Waals surface area contributed by atoms with Crippen molar-refractivity contribution in [2.75, 3.05) is 11.9 Å². The molecule has 0 radical (unpaired) electrons. The van der Waals surface area contributed by atoms with Crippen molar-refractivity contribution in [2.45, 2.75) is 44.7 Å². The molecule has 0 aliphatic carbocycles. The third kappa shape index (κ3) is 6.57. The molecule has 1 amide bonds. The molecular formula is C21H26N2O6S. The molecule has 0 aliphatic rings. The van der Waals surface area contributed by atoms with Crippen LogP contribution >= 0.6 is 0 Å². The van der Waals surface area contributed by atoms with Gasteiger partial charge < -0.3 is 14.8 Å². The lowest BCUT2D eigenvalue weighted by atomic mass is 10.2. The number of anilines is 1. The summed E-state index contributed by atoms with van der Waals surface area (Å²) < 4.78 is 37.3. The minimum absolute atomic E-state index is 0.111. The van der Waals surface area contributed by atoms with Crippen molar-refractivity contribution in [1.82, 2.24) is 4.72 Å². The zero-order chi connectivity index (χ0) is 22.3. The quantitative estimate of drug-likeness (QED) is 0.587. The molecule has 2 aromatic carbocycles. The largest absolute Gasteiger partial charge is 0.481 e. The Hall–Kier alpha value is -2.91. The van der Waals surface area contributed by atoms with Crippen LogP contribution in [0.5, 0.6) is 5.75 Å². The number of amides is 1. The van der Waals surface area contributed by atoms with Gasteiger partial charge in [0.2, 0.25) is 10.0 Å². The number of nitrogens with one attached hydrogen (secondary N) is 2. The van der Waals surface area contributed by atoms with E-state index < -0.39 is 28.0 Å². The fourth-order valence-corrected chi connectivity index (χ4v) is 3.73. The lowest BCUT2D eigenvalue weighted by molar-refractivity contribution is -0.122. The Morgan fingerprint density at radius 1 is 0.967 bits per heavy atom. The molecule has 162 valence electrons. The van der Waals surface area contributed by atoms with E-state index in [0.29, 0.717) is 17.0 Å². The maximum absolute atomic E-state index is 12.4. The molecule has 0 fully saturated rings. The van der Waals surface area contributed by atoms with E-state index in [1.807, 2.05) is 0 Å². The molecule has 2 rings (SSSR count). The summed E-state index contributed by atoms with van der Waals surface area (Å²) >= 11 is 0. The Balaban J connectivity index is 1.96. The number of carbonyl (C=O) groups excluding carboxylic acids is 2. The summed E-state index contributed by atoms with van der Waals surface area (Å²) in [4.78, 5) is 24.1. The topological polar surface area (TPSA) is 111 Å². The predicted octanol–water partition coefficient (Wildman–Crippen LogP) is 2.96. The minimum atomic E-state index is -3.60. The first-order valence-electron chi connectivity index (χ1n) is 9.49. The highest BCUT2D eigenvalue weighted by Crippen LogP contribution is 2.17. The van der Waals surface area contributed by atoms with Gasteiger partial charge >= 0.3 is 5.97 Å². The first-order chi connectivity index (χ1) is 14.1. The third-order valence-electron chi connectivity index (χ3n) is 3.87. The summed E-state index contributed by atoms with van der Waals surface area (Å²) in [5.41, 5.74) is 0.833. The van der Waals surface area contributed by atoms with Gasteiger partial charge in [0.15, 0.2) is 6.10 Å². The molecule has 2 aromatic rings. The van der Waals surface area contributed by atoms with Crippen molar-refractivity contribution in [3.8, 4) is 5.75 Å². The number of ether oxygens (including phenoxy) is 2. The summed E-state index contributed by atoms with van der Waals surface area (Å²) in [6, 6.07) is 11.9. The van der Waals surface area contributed by atoms with Crippen LogP contribution in [0.2, 0.25) is 0 Å². The molecule has 1 atom stereocenters. The maximum Gasteiger partial charge on any atom is 0.338 e. The summed E-state index contributed by atoms with van der Waals surface area (Å²) in [6.45, 7) is 7.07. The Kier molecular flexibility index (Phi) is 7.96. The number of benzene rings is 2. The Bertz CT molecular complexity index is 970. The number of carbonyl (C=O) groups is 2. The maximum atomic E-state index is 12.4. The van der Waals surface area contributed by atoms with Gasteiger partial charge in [0.05, 0.1) is 17.1 Å². The molecule has 0 bridgehead atoms. The first-order valence-corrected chi connectivity index (χ1v) is 11.0. The van der Waals surface area contributed by atoms with E-state index in [-0.39, 0.29) is 17.5 Å². The molecule has 9 heteroatoms. The van der Waals surface area contributed by atoms with E-state index in [4.69, 9.17) is 9.47 Å². The number of hydrogen-bond donors (Lipinski definition) is 2. The third-order valence-corrected chi connectivity index (χ3v) is 5.55. The SMILES string of the molecule is CCOC(=O)c1ccc(OC(C)C(=O)Nc2ccc(S(=O)(=O)NC(C)C)cc2)cc1. The van der Waals surface area contributed by atoms with Crippen LogP contribution in [0.25, 0.3) is 0 Å². The van der Waals surface area contributed by atoms with Crippen LogP contribution in [0.15, 0.2) is 53.4 Å². The van der Waals surface area contributed by atoms with E-state index in [9.17, 15) is 18.0 Å². The van der Waals surface area contributed by atoms with Crippen molar-refractivity contribution in [3.63, 3.8) is 0 Å². The Morgan fingerprint density at radius 2 is 1.57 bits per heavy atom. The van der Waals surface area contributed by atoms with Gasteiger partial charge in [-0.25, -0.2) is 17.9 Å². The zero-order valence-electron chi connectivity index (χ0n) is 17.3. The van der Waals surface area contributed by atoms with Gasteiger partial charge in [-0.2, -0.15) is 0 Å². The zero-order valence-corrected chi connectivity index (χ0v) is 18.2. The summed E-state index contributed by atoms with van der Waals surface area (Å²) in [6.07, 6.45) is -0.815. The van der Waals surface area contributed by atoms with Crippen LogP contribution < -0.4 is 14.8 Å². The predicted molar refractivity (Wildman–Crippen MR) is 113 cm³/mol. The molecule has 2 N–H and O–H groups in total. The van der Waals surface area contributed by atoms with Crippen molar-refractivity contribution < 1.29 is 27.5 Å².